The highest BCUT2D eigenvalue weighted by Crippen LogP contribution is 2.32. The van der Waals surface area contributed by atoms with E-state index < -0.39 is 15.6 Å². The van der Waals surface area contributed by atoms with Crippen LogP contribution < -0.4 is 15.2 Å². The van der Waals surface area contributed by atoms with Crippen LogP contribution >= 0.6 is 0 Å². The van der Waals surface area contributed by atoms with E-state index in [0.29, 0.717) is 37.7 Å². The van der Waals surface area contributed by atoms with Gasteiger partial charge in [0.1, 0.15) is 18.9 Å². The molecular formula is C22H27N3O5S. The van der Waals surface area contributed by atoms with Gasteiger partial charge in [0.25, 0.3) is 5.56 Å². The Labute approximate surface area is 182 Å². The standard InChI is InChI=1S/C22H27N3O5S/c1-17-6-8-20-19(14-17)25(12-13-30-20)22(27)16-23-15-18(7-9-21(23)26)31(28,29)24-10-4-2-3-5-11-24/h6-9,14-15H,2-5,10-13,16H2,1H3. The molecule has 2 aromatic rings. The second-order valence-electron chi connectivity index (χ2n) is 8.01. The Morgan fingerprint density at radius 3 is 2.52 bits per heavy atom. The molecular weight excluding hydrogens is 418 g/mol. The van der Waals surface area contributed by atoms with Crippen LogP contribution in [0.2, 0.25) is 0 Å². The quantitative estimate of drug-likeness (QED) is 0.720. The smallest absolute Gasteiger partial charge is 0.251 e. The van der Waals surface area contributed by atoms with E-state index in [4.69, 9.17) is 4.74 Å². The minimum atomic E-state index is -3.71. The first-order valence-electron chi connectivity index (χ1n) is 10.6. The molecule has 8 nitrogen and oxygen atoms in total. The zero-order valence-electron chi connectivity index (χ0n) is 17.6. The SMILES string of the molecule is Cc1ccc2c(c1)N(C(=O)Cn1cc(S(=O)(=O)N3CCCCCC3)ccc1=O)CCO2. The third-order valence-electron chi connectivity index (χ3n) is 5.74. The Morgan fingerprint density at radius 2 is 1.77 bits per heavy atom. The van der Waals surface area contributed by atoms with Crippen LogP contribution in [0.15, 0.2) is 46.2 Å². The molecule has 1 saturated heterocycles. The molecule has 0 spiro atoms. The van der Waals surface area contributed by atoms with Gasteiger partial charge in [-0.1, -0.05) is 18.9 Å². The van der Waals surface area contributed by atoms with Gasteiger partial charge in [0.2, 0.25) is 15.9 Å². The van der Waals surface area contributed by atoms with Crippen molar-refractivity contribution in [1.29, 1.82) is 0 Å². The average Bonchev–Trinajstić information content (AvgIpc) is 3.05. The Bertz CT molecular complexity index is 1130. The lowest BCUT2D eigenvalue weighted by Gasteiger charge is -2.30. The Balaban J connectivity index is 1.59. The molecule has 0 aliphatic carbocycles. The van der Waals surface area contributed by atoms with Crippen molar-refractivity contribution in [3.63, 3.8) is 0 Å². The van der Waals surface area contributed by atoms with E-state index in [0.717, 1.165) is 31.2 Å². The molecule has 31 heavy (non-hydrogen) atoms. The van der Waals surface area contributed by atoms with Gasteiger partial charge in [0.05, 0.1) is 17.1 Å². The fraction of sp³-hybridized carbons (Fsp3) is 0.455. The summed E-state index contributed by atoms with van der Waals surface area (Å²) in [5, 5.41) is 0. The number of benzene rings is 1. The zero-order valence-corrected chi connectivity index (χ0v) is 18.4. The summed E-state index contributed by atoms with van der Waals surface area (Å²) in [6, 6.07) is 8.15. The molecule has 1 aromatic carbocycles. The molecule has 1 amide bonds. The van der Waals surface area contributed by atoms with Crippen LogP contribution in [0.25, 0.3) is 0 Å². The van der Waals surface area contributed by atoms with Gasteiger partial charge in [0, 0.05) is 25.4 Å². The lowest BCUT2D eigenvalue weighted by atomic mass is 10.1. The predicted octanol–water partition coefficient (Wildman–Crippen LogP) is 2.15. The molecule has 9 heteroatoms. The number of nitrogens with zero attached hydrogens (tertiary/aromatic N) is 3. The summed E-state index contributed by atoms with van der Waals surface area (Å²) >= 11 is 0. The first-order chi connectivity index (χ1) is 14.9. The van der Waals surface area contributed by atoms with Gasteiger partial charge in [-0.15, -0.1) is 0 Å². The number of carbonyl (C=O) groups is 1. The summed E-state index contributed by atoms with van der Waals surface area (Å²) in [5.41, 5.74) is 1.24. The van der Waals surface area contributed by atoms with Gasteiger partial charge in [-0.25, -0.2) is 8.42 Å². The molecule has 0 N–H and O–H groups in total. The number of anilines is 1. The number of amides is 1. The number of hydrogen-bond donors (Lipinski definition) is 0. The number of aromatic nitrogens is 1. The Hall–Kier alpha value is -2.65. The monoisotopic (exact) mass is 445 g/mol. The van der Waals surface area contributed by atoms with E-state index in [1.165, 1.54) is 27.2 Å². The van der Waals surface area contributed by atoms with Crippen LogP contribution in [-0.2, 0) is 21.4 Å². The summed E-state index contributed by atoms with van der Waals surface area (Å²) in [7, 11) is -3.71. The summed E-state index contributed by atoms with van der Waals surface area (Å²) < 4.78 is 34.5. The largest absolute Gasteiger partial charge is 0.490 e. The molecule has 1 aromatic heterocycles. The van der Waals surface area contributed by atoms with Gasteiger partial charge in [0.15, 0.2) is 0 Å². The van der Waals surface area contributed by atoms with Crippen molar-refractivity contribution in [1.82, 2.24) is 8.87 Å². The molecule has 0 bridgehead atoms. The maximum absolute atomic E-state index is 13.1. The highest BCUT2D eigenvalue weighted by Gasteiger charge is 2.27. The number of rotatable bonds is 4. The van der Waals surface area contributed by atoms with E-state index in [2.05, 4.69) is 0 Å². The van der Waals surface area contributed by atoms with Crippen molar-refractivity contribution in [3.8, 4) is 5.75 Å². The lowest BCUT2D eigenvalue weighted by Crippen LogP contribution is -2.41. The van der Waals surface area contributed by atoms with Crippen molar-refractivity contribution in [2.45, 2.75) is 44.0 Å². The highest BCUT2D eigenvalue weighted by molar-refractivity contribution is 7.89. The van der Waals surface area contributed by atoms with Crippen molar-refractivity contribution in [3.05, 3.63) is 52.4 Å². The number of fused-ring (bicyclic) bond motifs is 1. The summed E-state index contributed by atoms with van der Waals surface area (Å²) in [5.74, 6) is 0.330. The van der Waals surface area contributed by atoms with Crippen molar-refractivity contribution in [2.75, 3.05) is 31.1 Å². The summed E-state index contributed by atoms with van der Waals surface area (Å²) in [6.07, 6.45) is 4.97. The van der Waals surface area contributed by atoms with E-state index in [-0.39, 0.29) is 17.3 Å². The lowest BCUT2D eigenvalue weighted by molar-refractivity contribution is -0.119. The molecule has 0 saturated carbocycles. The second kappa shape index (κ2) is 8.84. The van der Waals surface area contributed by atoms with Crippen LogP contribution in [0.4, 0.5) is 5.69 Å². The van der Waals surface area contributed by atoms with Crippen LogP contribution in [0.5, 0.6) is 5.75 Å². The minimum absolute atomic E-state index is 0.0417. The molecule has 2 aliphatic rings. The van der Waals surface area contributed by atoms with Crippen molar-refractivity contribution < 1.29 is 17.9 Å². The summed E-state index contributed by atoms with van der Waals surface area (Å²) in [4.78, 5) is 27.1. The van der Waals surface area contributed by atoms with Gasteiger partial charge in [-0.2, -0.15) is 4.31 Å². The minimum Gasteiger partial charge on any atom is -0.490 e. The van der Waals surface area contributed by atoms with E-state index >= 15 is 0 Å². The molecule has 4 rings (SSSR count). The molecule has 1 fully saturated rings. The maximum Gasteiger partial charge on any atom is 0.251 e. The average molecular weight is 446 g/mol. The predicted molar refractivity (Wildman–Crippen MR) is 117 cm³/mol. The van der Waals surface area contributed by atoms with Gasteiger partial charge in [-0.05, 0) is 43.5 Å². The third kappa shape index (κ3) is 4.52. The molecule has 166 valence electrons. The topological polar surface area (TPSA) is 88.9 Å². The molecule has 2 aliphatic heterocycles. The zero-order chi connectivity index (χ0) is 22.0. The maximum atomic E-state index is 13.1. The van der Waals surface area contributed by atoms with Gasteiger partial charge >= 0.3 is 0 Å². The summed E-state index contributed by atoms with van der Waals surface area (Å²) in [6.45, 7) is 3.37. The fourth-order valence-corrected chi connectivity index (χ4v) is 5.57. The third-order valence-corrected chi connectivity index (χ3v) is 7.63. The Kier molecular flexibility index (Phi) is 6.15. The first kappa shape index (κ1) is 21.6. The van der Waals surface area contributed by atoms with Gasteiger partial charge < -0.3 is 14.2 Å². The normalized spacial score (nSPS) is 17.5. The number of pyridine rings is 1. The number of ether oxygens (including phenoxy) is 1. The van der Waals surface area contributed by atoms with Crippen molar-refractivity contribution >= 4 is 21.6 Å². The second-order valence-corrected chi connectivity index (χ2v) is 9.95. The van der Waals surface area contributed by atoms with Crippen molar-refractivity contribution in [2.24, 2.45) is 0 Å². The number of carbonyl (C=O) groups excluding carboxylic acids is 1. The van der Waals surface area contributed by atoms with E-state index in [1.807, 2.05) is 25.1 Å². The first-order valence-corrected chi connectivity index (χ1v) is 12.0. The number of hydrogen-bond acceptors (Lipinski definition) is 5. The van der Waals surface area contributed by atoms with Crippen LogP contribution in [0.3, 0.4) is 0 Å². The number of sulfonamides is 1. The van der Waals surface area contributed by atoms with E-state index in [1.54, 1.807) is 4.90 Å². The van der Waals surface area contributed by atoms with E-state index in [9.17, 15) is 18.0 Å². The Morgan fingerprint density at radius 1 is 1.03 bits per heavy atom. The van der Waals surface area contributed by atoms with Crippen LogP contribution in [0, 0.1) is 6.92 Å². The number of aryl methyl sites for hydroxylation is 1. The molecule has 0 radical (unpaired) electrons. The van der Waals surface area contributed by atoms with Crippen LogP contribution in [0.1, 0.15) is 31.2 Å². The molecule has 0 unspecified atom stereocenters. The van der Waals surface area contributed by atoms with Gasteiger partial charge in [-0.3, -0.25) is 9.59 Å². The van der Waals surface area contributed by atoms with Crippen LogP contribution in [-0.4, -0.2) is 49.4 Å². The fourth-order valence-electron chi connectivity index (χ4n) is 4.03. The highest BCUT2D eigenvalue weighted by atomic mass is 32.2. The molecule has 0 atom stereocenters. The molecule has 3 heterocycles.